The number of halogens is 1. The predicted octanol–water partition coefficient (Wildman–Crippen LogP) is 4.56. The van der Waals surface area contributed by atoms with Crippen LogP contribution in [-0.4, -0.2) is 22.9 Å². The summed E-state index contributed by atoms with van der Waals surface area (Å²) in [5.41, 5.74) is 2.41. The number of thioether (sulfide) groups is 1. The fourth-order valence-electron chi connectivity index (χ4n) is 2.32. The van der Waals surface area contributed by atoms with Crippen molar-refractivity contribution >= 4 is 35.0 Å². The molecule has 3 aromatic rings. The lowest BCUT2D eigenvalue weighted by atomic mass is 10.2. The molecule has 3 rings (SSSR count). The van der Waals surface area contributed by atoms with E-state index in [1.807, 2.05) is 35.1 Å². The van der Waals surface area contributed by atoms with Crippen LogP contribution in [0.15, 0.2) is 41.3 Å². The maximum absolute atomic E-state index is 13.8. The minimum atomic E-state index is -0.411. The SMILES string of the molecule is COc1cc2c(cc1F)[nH]c(=S)n2-c1ccccc1SC. The highest BCUT2D eigenvalue weighted by Gasteiger charge is 2.13. The Balaban J connectivity index is 2.37. The minimum absolute atomic E-state index is 0.201. The van der Waals surface area contributed by atoms with Crippen LogP contribution in [0, 0.1) is 10.6 Å². The Labute approximate surface area is 130 Å². The number of hydrogen-bond donors (Lipinski definition) is 1. The van der Waals surface area contributed by atoms with E-state index in [1.54, 1.807) is 17.8 Å². The van der Waals surface area contributed by atoms with Crippen LogP contribution in [0.5, 0.6) is 5.75 Å². The normalized spacial score (nSPS) is 11.0. The van der Waals surface area contributed by atoms with Crippen molar-refractivity contribution in [1.82, 2.24) is 9.55 Å². The second kappa shape index (κ2) is 5.54. The average Bonchev–Trinajstić information content (AvgIpc) is 2.80. The van der Waals surface area contributed by atoms with Gasteiger partial charge in [-0.1, -0.05) is 12.1 Å². The Hall–Kier alpha value is -1.79. The summed E-state index contributed by atoms with van der Waals surface area (Å²) >= 11 is 7.04. The van der Waals surface area contributed by atoms with Crippen LogP contribution in [0.4, 0.5) is 4.39 Å². The molecule has 0 saturated carbocycles. The first-order valence-electron chi connectivity index (χ1n) is 6.27. The van der Waals surface area contributed by atoms with Crippen molar-refractivity contribution in [3.05, 3.63) is 47.0 Å². The third-order valence-electron chi connectivity index (χ3n) is 3.28. The van der Waals surface area contributed by atoms with E-state index in [0.29, 0.717) is 10.3 Å². The van der Waals surface area contributed by atoms with E-state index in [2.05, 4.69) is 4.98 Å². The van der Waals surface area contributed by atoms with E-state index in [4.69, 9.17) is 17.0 Å². The fourth-order valence-corrected chi connectivity index (χ4v) is 3.21. The Bertz CT molecular complexity index is 870. The highest BCUT2D eigenvalue weighted by molar-refractivity contribution is 7.98. The first-order chi connectivity index (χ1) is 10.2. The summed E-state index contributed by atoms with van der Waals surface area (Å²) in [5.74, 6) is -0.210. The second-order valence-corrected chi connectivity index (χ2v) is 5.68. The molecule has 1 aromatic heterocycles. The molecule has 3 nitrogen and oxygen atoms in total. The lowest BCUT2D eigenvalue weighted by molar-refractivity contribution is 0.387. The van der Waals surface area contributed by atoms with Gasteiger partial charge in [0, 0.05) is 17.0 Å². The van der Waals surface area contributed by atoms with Crippen LogP contribution in [0.3, 0.4) is 0 Å². The predicted molar refractivity (Wildman–Crippen MR) is 86.8 cm³/mol. The van der Waals surface area contributed by atoms with E-state index >= 15 is 0 Å². The molecule has 0 aliphatic heterocycles. The lowest BCUT2D eigenvalue weighted by Gasteiger charge is -2.10. The minimum Gasteiger partial charge on any atom is -0.494 e. The van der Waals surface area contributed by atoms with Gasteiger partial charge in [-0.05, 0) is 30.6 Å². The van der Waals surface area contributed by atoms with Gasteiger partial charge in [-0.3, -0.25) is 4.57 Å². The number of nitrogens with one attached hydrogen (secondary N) is 1. The number of fused-ring (bicyclic) bond motifs is 1. The second-order valence-electron chi connectivity index (χ2n) is 4.44. The average molecular weight is 320 g/mol. The number of benzene rings is 2. The van der Waals surface area contributed by atoms with Crippen LogP contribution in [-0.2, 0) is 0 Å². The maximum atomic E-state index is 13.8. The van der Waals surface area contributed by atoms with E-state index in [9.17, 15) is 4.39 Å². The number of H-pyrrole nitrogens is 1. The van der Waals surface area contributed by atoms with Crippen molar-refractivity contribution in [3.8, 4) is 11.4 Å². The Morgan fingerprint density at radius 1 is 1.29 bits per heavy atom. The number of nitrogens with zero attached hydrogens (tertiary/aromatic N) is 1. The molecule has 1 heterocycles. The zero-order valence-corrected chi connectivity index (χ0v) is 13.1. The molecule has 108 valence electrons. The topological polar surface area (TPSA) is 29.9 Å². The van der Waals surface area contributed by atoms with E-state index < -0.39 is 5.82 Å². The van der Waals surface area contributed by atoms with Crippen molar-refractivity contribution in [3.63, 3.8) is 0 Å². The molecule has 0 spiro atoms. The van der Waals surface area contributed by atoms with E-state index in [0.717, 1.165) is 16.1 Å². The molecule has 21 heavy (non-hydrogen) atoms. The Kier molecular flexibility index (Phi) is 3.73. The van der Waals surface area contributed by atoms with Crippen LogP contribution in [0.1, 0.15) is 0 Å². The van der Waals surface area contributed by atoms with Gasteiger partial charge < -0.3 is 9.72 Å². The number of aromatic nitrogens is 2. The smallest absolute Gasteiger partial charge is 0.182 e. The van der Waals surface area contributed by atoms with Gasteiger partial charge in [-0.2, -0.15) is 0 Å². The molecule has 0 radical (unpaired) electrons. The van der Waals surface area contributed by atoms with Crippen molar-refractivity contribution in [2.24, 2.45) is 0 Å². The van der Waals surface area contributed by atoms with Gasteiger partial charge in [0.05, 0.1) is 23.8 Å². The zero-order chi connectivity index (χ0) is 15.0. The van der Waals surface area contributed by atoms with Gasteiger partial charge in [0.15, 0.2) is 16.3 Å². The molecular formula is C15H13FN2OS2. The van der Waals surface area contributed by atoms with Crippen molar-refractivity contribution in [1.29, 1.82) is 0 Å². The summed E-state index contributed by atoms with van der Waals surface area (Å²) in [6.07, 6.45) is 2.01. The quantitative estimate of drug-likeness (QED) is 0.567. The highest BCUT2D eigenvalue weighted by atomic mass is 32.2. The van der Waals surface area contributed by atoms with E-state index in [-0.39, 0.29) is 5.75 Å². The van der Waals surface area contributed by atoms with Crippen molar-refractivity contribution in [2.45, 2.75) is 4.90 Å². The van der Waals surface area contributed by atoms with Crippen LogP contribution in [0.2, 0.25) is 0 Å². The number of ether oxygens (including phenoxy) is 1. The maximum Gasteiger partial charge on any atom is 0.182 e. The molecule has 0 unspecified atom stereocenters. The van der Waals surface area contributed by atoms with Crippen molar-refractivity contribution in [2.75, 3.05) is 13.4 Å². The third-order valence-corrected chi connectivity index (χ3v) is 4.35. The summed E-state index contributed by atoms with van der Waals surface area (Å²) < 4.78 is 21.3. The summed E-state index contributed by atoms with van der Waals surface area (Å²) in [6, 6.07) is 11.0. The monoisotopic (exact) mass is 320 g/mol. The lowest BCUT2D eigenvalue weighted by Crippen LogP contribution is -1.97. The molecule has 0 aliphatic carbocycles. The van der Waals surface area contributed by atoms with Crippen molar-refractivity contribution < 1.29 is 9.13 Å². The van der Waals surface area contributed by atoms with Gasteiger partial charge in [-0.25, -0.2) is 4.39 Å². The van der Waals surface area contributed by atoms with Gasteiger partial charge in [-0.15, -0.1) is 11.8 Å². The molecule has 2 aromatic carbocycles. The van der Waals surface area contributed by atoms with Gasteiger partial charge in [0.25, 0.3) is 0 Å². The Morgan fingerprint density at radius 2 is 2.05 bits per heavy atom. The van der Waals surface area contributed by atoms with Crippen LogP contribution >= 0.6 is 24.0 Å². The molecule has 0 saturated heterocycles. The first-order valence-corrected chi connectivity index (χ1v) is 7.90. The summed E-state index contributed by atoms with van der Waals surface area (Å²) in [4.78, 5) is 4.14. The van der Waals surface area contributed by atoms with Crippen LogP contribution in [0.25, 0.3) is 16.7 Å². The van der Waals surface area contributed by atoms with Gasteiger partial charge in [0.2, 0.25) is 0 Å². The number of aromatic amines is 1. The molecule has 1 N–H and O–H groups in total. The third kappa shape index (κ3) is 2.34. The van der Waals surface area contributed by atoms with Gasteiger partial charge in [0.1, 0.15) is 0 Å². The zero-order valence-electron chi connectivity index (χ0n) is 11.5. The molecule has 0 aliphatic rings. The molecule has 0 atom stereocenters. The Morgan fingerprint density at radius 3 is 2.76 bits per heavy atom. The number of imidazole rings is 1. The number of para-hydroxylation sites is 1. The molecule has 0 fully saturated rings. The summed E-state index contributed by atoms with van der Waals surface area (Å²) in [5, 5.41) is 0. The molecular weight excluding hydrogens is 307 g/mol. The van der Waals surface area contributed by atoms with E-state index in [1.165, 1.54) is 13.2 Å². The molecule has 0 bridgehead atoms. The molecule has 0 amide bonds. The molecule has 6 heteroatoms. The first kappa shape index (κ1) is 14.2. The fraction of sp³-hybridized carbons (Fsp3) is 0.133. The largest absolute Gasteiger partial charge is 0.494 e. The standard InChI is InChI=1S/C15H13FN2OS2/c1-19-13-8-12-10(7-9(13)16)17-15(20)18(12)11-5-3-4-6-14(11)21-2/h3-8H,1-2H3,(H,17,20). The highest BCUT2D eigenvalue weighted by Crippen LogP contribution is 2.30. The number of hydrogen-bond acceptors (Lipinski definition) is 3. The summed E-state index contributed by atoms with van der Waals surface area (Å²) in [6.45, 7) is 0. The summed E-state index contributed by atoms with van der Waals surface area (Å²) in [7, 11) is 1.45. The number of methoxy groups -OCH3 is 1. The van der Waals surface area contributed by atoms with Crippen LogP contribution < -0.4 is 4.74 Å². The number of rotatable bonds is 3. The van der Waals surface area contributed by atoms with Gasteiger partial charge >= 0.3 is 0 Å².